The predicted molar refractivity (Wildman–Crippen MR) is 79.2 cm³/mol. The normalized spacial score (nSPS) is 11.3. The number of hydrogen-bond donors (Lipinski definition) is 1. The molecule has 18 heavy (non-hydrogen) atoms. The third kappa shape index (κ3) is 5.13. The van der Waals surface area contributed by atoms with E-state index in [4.69, 9.17) is 0 Å². The monoisotopic (exact) mass is 265 g/mol. The Morgan fingerprint density at radius 2 is 1.83 bits per heavy atom. The number of rotatable bonds is 5. The summed E-state index contributed by atoms with van der Waals surface area (Å²) in [4.78, 5) is 12.6. The van der Waals surface area contributed by atoms with Crippen LogP contribution < -0.4 is 5.32 Å². The molecule has 100 valence electrons. The lowest BCUT2D eigenvalue weighted by Gasteiger charge is -2.19. The number of hydrogen-bond acceptors (Lipinski definition) is 2. The topological polar surface area (TPSA) is 29.1 Å². The second-order valence-electron chi connectivity index (χ2n) is 5.41. The lowest BCUT2D eigenvalue weighted by Crippen LogP contribution is -2.25. The summed E-state index contributed by atoms with van der Waals surface area (Å²) in [5.41, 5.74) is 1.50. The number of carbonyl (C=O) groups is 1. The zero-order valence-corrected chi connectivity index (χ0v) is 12.6. The summed E-state index contributed by atoms with van der Waals surface area (Å²) in [5.74, 6) is 0.608. The first kappa shape index (κ1) is 15.1. The van der Waals surface area contributed by atoms with E-state index >= 15 is 0 Å². The molecule has 0 radical (unpaired) electrons. The lowest BCUT2D eigenvalue weighted by molar-refractivity contribution is -0.118. The van der Waals surface area contributed by atoms with Gasteiger partial charge in [-0.15, -0.1) is 11.8 Å². The van der Waals surface area contributed by atoms with Crippen molar-refractivity contribution >= 4 is 17.7 Å². The van der Waals surface area contributed by atoms with Crippen molar-refractivity contribution < 1.29 is 4.79 Å². The zero-order chi connectivity index (χ0) is 13.6. The molecule has 2 nitrogen and oxygen atoms in total. The van der Waals surface area contributed by atoms with Crippen molar-refractivity contribution in [1.29, 1.82) is 0 Å². The van der Waals surface area contributed by atoms with E-state index in [-0.39, 0.29) is 11.3 Å². The smallest absolute Gasteiger partial charge is 0.230 e. The van der Waals surface area contributed by atoms with Crippen LogP contribution in [-0.2, 0) is 10.2 Å². The fourth-order valence-corrected chi connectivity index (χ4v) is 2.24. The van der Waals surface area contributed by atoms with Gasteiger partial charge in [0.2, 0.25) is 5.91 Å². The van der Waals surface area contributed by atoms with Crippen molar-refractivity contribution in [3.63, 3.8) is 0 Å². The molecule has 0 aliphatic heterocycles. The molecule has 0 fully saturated rings. The first-order chi connectivity index (χ1) is 8.43. The van der Waals surface area contributed by atoms with Gasteiger partial charge in [-0.3, -0.25) is 4.79 Å². The highest BCUT2D eigenvalue weighted by Gasteiger charge is 2.12. The van der Waals surface area contributed by atoms with Crippen LogP contribution >= 0.6 is 11.8 Å². The Bertz CT molecular complexity index is 378. The van der Waals surface area contributed by atoms with Crippen LogP contribution in [0.15, 0.2) is 29.2 Å². The van der Waals surface area contributed by atoms with Crippen molar-refractivity contribution in [3.05, 3.63) is 29.8 Å². The molecule has 0 saturated heterocycles. The second kappa shape index (κ2) is 6.83. The average Bonchev–Trinajstić information content (AvgIpc) is 2.33. The van der Waals surface area contributed by atoms with Crippen LogP contribution in [0.2, 0.25) is 0 Å². The molecular formula is C15H23NOS. The SMILES string of the molecule is CCCNC(=O)CSc1ccc(C(C)(C)C)cc1. The molecule has 0 aliphatic rings. The molecular weight excluding hydrogens is 242 g/mol. The van der Waals surface area contributed by atoms with E-state index in [9.17, 15) is 4.79 Å². The molecule has 1 aromatic rings. The highest BCUT2D eigenvalue weighted by molar-refractivity contribution is 8.00. The fraction of sp³-hybridized carbons (Fsp3) is 0.533. The van der Waals surface area contributed by atoms with Gasteiger partial charge in [0, 0.05) is 11.4 Å². The number of thioether (sulfide) groups is 1. The van der Waals surface area contributed by atoms with Gasteiger partial charge in [0.25, 0.3) is 0 Å². The molecule has 0 atom stereocenters. The number of benzene rings is 1. The Hall–Kier alpha value is -0.960. The summed E-state index contributed by atoms with van der Waals surface area (Å²) in [6.07, 6.45) is 0.983. The molecule has 0 unspecified atom stereocenters. The molecule has 0 spiro atoms. The number of carbonyl (C=O) groups excluding carboxylic acids is 1. The summed E-state index contributed by atoms with van der Waals surface area (Å²) in [6, 6.07) is 8.48. The third-order valence-electron chi connectivity index (χ3n) is 2.66. The Morgan fingerprint density at radius 3 is 2.33 bits per heavy atom. The van der Waals surface area contributed by atoms with Gasteiger partial charge in [0.1, 0.15) is 0 Å². The Balaban J connectivity index is 2.47. The number of nitrogens with one attached hydrogen (secondary N) is 1. The van der Waals surface area contributed by atoms with Gasteiger partial charge in [0.05, 0.1) is 5.75 Å². The summed E-state index contributed by atoms with van der Waals surface area (Å²) < 4.78 is 0. The van der Waals surface area contributed by atoms with Gasteiger partial charge in [-0.1, -0.05) is 39.8 Å². The van der Waals surface area contributed by atoms with Crippen LogP contribution in [0, 0.1) is 0 Å². The van der Waals surface area contributed by atoms with Gasteiger partial charge >= 0.3 is 0 Å². The maximum absolute atomic E-state index is 11.5. The molecule has 3 heteroatoms. The Morgan fingerprint density at radius 1 is 1.22 bits per heavy atom. The first-order valence-corrected chi connectivity index (χ1v) is 7.42. The highest BCUT2D eigenvalue weighted by Crippen LogP contribution is 2.25. The van der Waals surface area contributed by atoms with E-state index in [1.165, 1.54) is 5.56 Å². The minimum atomic E-state index is 0.113. The molecule has 1 aromatic carbocycles. The largest absolute Gasteiger partial charge is 0.355 e. The molecule has 0 aromatic heterocycles. The van der Waals surface area contributed by atoms with Crippen molar-refractivity contribution in [2.24, 2.45) is 0 Å². The van der Waals surface area contributed by atoms with Crippen molar-refractivity contribution in [3.8, 4) is 0 Å². The standard InChI is InChI=1S/C15H23NOS/c1-5-10-16-14(17)11-18-13-8-6-12(7-9-13)15(2,3)4/h6-9H,5,10-11H2,1-4H3,(H,16,17). The highest BCUT2D eigenvalue weighted by atomic mass is 32.2. The van der Waals surface area contributed by atoms with Gasteiger partial charge in [0.15, 0.2) is 0 Å². The minimum Gasteiger partial charge on any atom is -0.355 e. The summed E-state index contributed by atoms with van der Waals surface area (Å²) in [7, 11) is 0. The molecule has 1 amide bonds. The minimum absolute atomic E-state index is 0.113. The molecule has 1 N–H and O–H groups in total. The quantitative estimate of drug-likeness (QED) is 0.824. The first-order valence-electron chi connectivity index (χ1n) is 6.43. The van der Waals surface area contributed by atoms with E-state index < -0.39 is 0 Å². The molecule has 0 saturated carbocycles. The van der Waals surface area contributed by atoms with E-state index in [1.54, 1.807) is 11.8 Å². The van der Waals surface area contributed by atoms with E-state index in [2.05, 4.69) is 57.3 Å². The van der Waals surface area contributed by atoms with Crippen molar-refractivity contribution in [1.82, 2.24) is 5.32 Å². The Labute approximate surface area is 115 Å². The van der Waals surface area contributed by atoms with Gasteiger partial charge in [-0.25, -0.2) is 0 Å². The van der Waals surface area contributed by atoms with Crippen LogP contribution in [0.25, 0.3) is 0 Å². The Kier molecular flexibility index (Phi) is 5.73. The van der Waals surface area contributed by atoms with Crippen molar-refractivity contribution in [2.75, 3.05) is 12.3 Å². The van der Waals surface area contributed by atoms with Crippen LogP contribution in [-0.4, -0.2) is 18.2 Å². The second-order valence-corrected chi connectivity index (χ2v) is 6.46. The zero-order valence-electron chi connectivity index (χ0n) is 11.7. The average molecular weight is 265 g/mol. The summed E-state index contributed by atoms with van der Waals surface area (Å²) in [6.45, 7) is 9.43. The van der Waals surface area contributed by atoms with Crippen LogP contribution in [0.3, 0.4) is 0 Å². The maximum atomic E-state index is 11.5. The lowest BCUT2D eigenvalue weighted by atomic mass is 9.87. The van der Waals surface area contributed by atoms with E-state index in [0.717, 1.165) is 17.9 Å². The molecule has 0 aliphatic carbocycles. The predicted octanol–water partition coefficient (Wildman–Crippen LogP) is 3.60. The van der Waals surface area contributed by atoms with Crippen LogP contribution in [0.5, 0.6) is 0 Å². The molecule has 1 rings (SSSR count). The van der Waals surface area contributed by atoms with Crippen LogP contribution in [0.1, 0.15) is 39.7 Å². The maximum Gasteiger partial charge on any atom is 0.230 e. The van der Waals surface area contributed by atoms with Gasteiger partial charge in [-0.2, -0.15) is 0 Å². The summed E-state index contributed by atoms with van der Waals surface area (Å²) in [5, 5.41) is 2.88. The van der Waals surface area contributed by atoms with Crippen molar-refractivity contribution in [2.45, 2.75) is 44.4 Å². The molecule has 0 heterocycles. The number of amides is 1. The third-order valence-corrected chi connectivity index (χ3v) is 3.67. The van der Waals surface area contributed by atoms with E-state index in [0.29, 0.717) is 5.75 Å². The van der Waals surface area contributed by atoms with Gasteiger partial charge < -0.3 is 5.32 Å². The van der Waals surface area contributed by atoms with Crippen LogP contribution in [0.4, 0.5) is 0 Å². The summed E-state index contributed by atoms with van der Waals surface area (Å²) >= 11 is 1.59. The fourth-order valence-electron chi connectivity index (χ4n) is 1.52. The molecule has 0 bridgehead atoms. The van der Waals surface area contributed by atoms with E-state index in [1.807, 2.05) is 0 Å². The van der Waals surface area contributed by atoms with Gasteiger partial charge in [-0.05, 0) is 29.5 Å².